The van der Waals surface area contributed by atoms with Crippen molar-refractivity contribution in [2.24, 2.45) is 0 Å². The van der Waals surface area contributed by atoms with Gasteiger partial charge in [0.05, 0.1) is 6.26 Å². The molecule has 3 N–H and O–H groups in total. The summed E-state index contributed by atoms with van der Waals surface area (Å²) in [4.78, 5) is 3.78. The molecule has 52 valence electrons. The van der Waals surface area contributed by atoms with E-state index in [1.807, 2.05) is 0 Å². The van der Waals surface area contributed by atoms with E-state index < -0.39 is 0 Å². The molecule has 0 bridgehead atoms. The summed E-state index contributed by atoms with van der Waals surface area (Å²) >= 11 is 0. The Morgan fingerprint density at radius 2 is 2.40 bits per heavy atom. The number of hydrogen-bond donors (Lipinski definition) is 2. The highest BCUT2D eigenvalue weighted by molar-refractivity contribution is 5.51. The molecule has 10 heavy (non-hydrogen) atoms. The van der Waals surface area contributed by atoms with E-state index in [0.29, 0.717) is 5.82 Å². The van der Waals surface area contributed by atoms with E-state index in [2.05, 4.69) is 4.98 Å². The second-order valence-electron chi connectivity index (χ2n) is 1.83. The van der Waals surface area contributed by atoms with E-state index in [1.165, 1.54) is 6.08 Å². The van der Waals surface area contributed by atoms with Gasteiger partial charge in [-0.15, -0.1) is 0 Å². The first kappa shape index (κ1) is 6.61. The largest absolute Gasteiger partial charge is 0.516 e. The summed E-state index contributed by atoms with van der Waals surface area (Å²) in [7, 11) is 0. The van der Waals surface area contributed by atoms with Crippen LogP contribution in [0, 0.1) is 0 Å². The maximum Gasteiger partial charge on any atom is 0.123 e. The van der Waals surface area contributed by atoms with Crippen molar-refractivity contribution >= 4 is 11.9 Å². The van der Waals surface area contributed by atoms with Crippen molar-refractivity contribution in [2.75, 3.05) is 5.73 Å². The normalized spacial score (nSPS) is 10.4. The van der Waals surface area contributed by atoms with Crippen LogP contribution < -0.4 is 5.73 Å². The van der Waals surface area contributed by atoms with Gasteiger partial charge in [0, 0.05) is 6.20 Å². The van der Waals surface area contributed by atoms with E-state index in [0.717, 1.165) is 11.8 Å². The van der Waals surface area contributed by atoms with Crippen molar-refractivity contribution in [3.63, 3.8) is 0 Å². The summed E-state index contributed by atoms with van der Waals surface area (Å²) in [5.41, 5.74) is 6.20. The maximum atomic E-state index is 8.37. The molecule has 0 aliphatic carbocycles. The molecule has 0 radical (unpaired) electrons. The van der Waals surface area contributed by atoms with Crippen LogP contribution in [-0.4, -0.2) is 10.1 Å². The molecule has 1 rings (SSSR count). The second kappa shape index (κ2) is 2.87. The van der Waals surface area contributed by atoms with Crippen molar-refractivity contribution in [3.8, 4) is 0 Å². The van der Waals surface area contributed by atoms with Gasteiger partial charge in [-0.2, -0.15) is 0 Å². The van der Waals surface area contributed by atoms with Gasteiger partial charge in [0.2, 0.25) is 0 Å². The standard InChI is InChI=1S/C7H8N2O/c8-7-5-6(2-4-10)1-3-9-7/h1-5,10H,(H2,8,9)/b4-2-. The summed E-state index contributed by atoms with van der Waals surface area (Å²) in [6, 6.07) is 3.43. The van der Waals surface area contributed by atoms with Gasteiger partial charge in [-0.05, 0) is 23.8 Å². The molecule has 0 amide bonds. The second-order valence-corrected chi connectivity index (χ2v) is 1.83. The molecule has 0 aliphatic heterocycles. The van der Waals surface area contributed by atoms with Crippen molar-refractivity contribution in [1.82, 2.24) is 4.98 Å². The topological polar surface area (TPSA) is 59.1 Å². The zero-order valence-corrected chi connectivity index (χ0v) is 5.36. The highest BCUT2D eigenvalue weighted by Gasteiger charge is 1.86. The average molecular weight is 136 g/mol. The molecule has 0 atom stereocenters. The first-order valence-corrected chi connectivity index (χ1v) is 2.85. The number of anilines is 1. The number of hydrogen-bond acceptors (Lipinski definition) is 3. The first-order valence-electron chi connectivity index (χ1n) is 2.85. The Labute approximate surface area is 58.8 Å². The number of aliphatic hydroxyl groups excluding tert-OH is 1. The molecule has 3 nitrogen and oxygen atoms in total. The fourth-order valence-corrected chi connectivity index (χ4v) is 0.655. The molecule has 1 aromatic rings. The molecular formula is C7H8N2O. The number of pyridine rings is 1. The molecule has 0 saturated heterocycles. The molecule has 3 heteroatoms. The number of rotatable bonds is 1. The van der Waals surface area contributed by atoms with Crippen LogP contribution in [0.1, 0.15) is 5.56 Å². The molecule has 1 heterocycles. The van der Waals surface area contributed by atoms with Crippen LogP contribution in [0.4, 0.5) is 5.82 Å². The van der Waals surface area contributed by atoms with Gasteiger partial charge in [-0.25, -0.2) is 4.98 Å². The lowest BCUT2D eigenvalue weighted by molar-refractivity contribution is 0.478. The lowest BCUT2D eigenvalue weighted by atomic mass is 10.2. The highest BCUT2D eigenvalue weighted by Crippen LogP contribution is 2.03. The fourth-order valence-electron chi connectivity index (χ4n) is 0.655. The van der Waals surface area contributed by atoms with Crippen molar-refractivity contribution in [3.05, 3.63) is 30.2 Å². The Kier molecular flexibility index (Phi) is 1.89. The minimum Gasteiger partial charge on any atom is -0.516 e. The monoisotopic (exact) mass is 136 g/mol. The molecule has 0 unspecified atom stereocenters. The Balaban J connectivity index is 2.95. The number of aromatic nitrogens is 1. The van der Waals surface area contributed by atoms with E-state index in [9.17, 15) is 0 Å². The summed E-state index contributed by atoms with van der Waals surface area (Å²) in [5.74, 6) is 0.454. The van der Waals surface area contributed by atoms with Gasteiger partial charge in [0.25, 0.3) is 0 Å². The van der Waals surface area contributed by atoms with Crippen LogP contribution in [0.5, 0.6) is 0 Å². The molecule has 0 spiro atoms. The SMILES string of the molecule is Nc1cc(/C=C\O)ccn1. The predicted octanol–water partition coefficient (Wildman–Crippen LogP) is 1.19. The molecule has 0 aromatic carbocycles. The van der Waals surface area contributed by atoms with Gasteiger partial charge in [0.15, 0.2) is 0 Å². The lowest BCUT2D eigenvalue weighted by Gasteiger charge is -1.92. The molecule has 0 fully saturated rings. The van der Waals surface area contributed by atoms with Crippen LogP contribution in [0.3, 0.4) is 0 Å². The third kappa shape index (κ3) is 1.48. The molecule has 0 aliphatic rings. The van der Waals surface area contributed by atoms with E-state index in [4.69, 9.17) is 10.8 Å². The van der Waals surface area contributed by atoms with Crippen molar-refractivity contribution in [2.45, 2.75) is 0 Å². The van der Waals surface area contributed by atoms with Gasteiger partial charge in [0.1, 0.15) is 5.82 Å². The van der Waals surface area contributed by atoms with E-state index >= 15 is 0 Å². The Morgan fingerprint density at radius 1 is 1.60 bits per heavy atom. The Hall–Kier alpha value is -1.51. The number of aliphatic hydroxyl groups is 1. The minimum absolute atomic E-state index is 0.454. The van der Waals surface area contributed by atoms with Crippen LogP contribution >= 0.6 is 0 Å². The van der Waals surface area contributed by atoms with E-state index in [1.54, 1.807) is 18.3 Å². The maximum absolute atomic E-state index is 8.37. The Bertz CT molecular complexity index is 245. The van der Waals surface area contributed by atoms with Crippen molar-refractivity contribution in [1.29, 1.82) is 0 Å². The molecule has 1 aromatic heterocycles. The van der Waals surface area contributed by atoms with Crippen LogP contribution in [0.25, 0.3) is 6.08 Å². The first-order chi connectivity index (χ1) is 4.83. The lowest BCUT2D eigenvalue weighted by Crippen LogP contribution is -1.88. The molecular weight excluding hydrogens is 128 g/mol. The number of nitrogen functional groups attached to an aromatic ring is 1. The van der Waals surface area contributed by atoms with Crippen LogP contribution in [0.15, 0.2) is 24.6 Å². The van der Waals surface area contributed by atoms with Gasteiger partial charge in [-0.1, -0.05) is 0 Å². The van der Waals surface area contributed by atoms with Crippen molar-refractivity contribution < 1.29 is 5.11 Å². The Morgan fingerprint density at radius 3 is 3.00 bits per heavy atom. The zero-order chi connectivity index (χ0) is 7.40. The highest BCUT2D eigenvalue weighted by atomic mass is 16.2. The average Bonchev–Trinajstić information content (AvgIpc) is 1.88. The summed E-state index contributed by atoms with van der Waals surface area (Å²) < 4.78 is 0. The third-order valence-electron chi connectivity index (χ3n) is 1.07. The van der Waals surface area contributed by atoms with Gasteiger partial charge < -0.3 is 10.8 Å². The van der Waals surface area contributed by atoms with E-state index in [-0.39, 0.29) is 0 Å². The number of nitrogens with two attached hydrogens (primary N) is 1. The van der Waals surface area contributed by atoms with Crippen LogP contribution in [0.2, 0.25) is 0 Å². The summed E-state index contributed by atoms with van der Waals surface area (Å²) in [6.45, 7) is 0. The smallest absolute Gasteiger partial charge is 0.123 e. The van der Waals surface area contributed by atoms with Gasteiger partial charge in [-0.3, -0.25) is 0 Å². The zero-order valence-electron chi connectivity index (χ0n) is 5.36. The van der Waals surface area contributed by atoms with Crippen LogP contribution in [-0.2, 0) is 0 Å². The quantitative estimate of drug-likeness (QED) is 0.570. The minimum atomic E-state index is 0.454. The third-order valence-corrected chi connectivity index (χ3v) is 1.07. The molecule has 0 saturated carbocycles. The fraction of sp³-hybridized carbons (Fsp3) is 0. The van der Waals surface area contributed by atoms with Gasteiger partial charge >= 0.3 is 0 Å². The summed E-state index contributed by atoms with van der Waals surface area (Å²) in [6.07, 6.45) is 4.09. The summed E-state index contributed by atoms with van der Waals surface area (Å²) in [5, 5.41) is 8.37. The predicted molar refractivity (Wildman–Crippen MR) is 40.3 cm³/mol. The number of nitrogens with zero attached hydrogens (tertiary/aromatic N) is 1.